The first-order valence-corrected chi connectivity index (χ1v) is 8.70. The summed E-state index contributed by atoms with van der Waals surface area (Å²) in [7, 11) is 1.38. The average molecular weight is 399 g/mol. The Morgan fingerprint density at radius 1 is 1.17 bits per heavy atom. The number of carbonyl (C=O) groups is 2. The number of halogens is 1. The lowest BCUT2D eigenvalue weighted by atomic mass is 10.1. The van der Waals surface area contributed by atoms with Crippen molar-refractivity contribution < 1.29 is 23.5 Å². The maximum absolute atomic E-state index is 14.0. The van der Waals surface area contributed by atoms with Gasteiger partial charge in [0.2, 0.25) is 5.78 Å². The number of hydrogen-bond donors (Lipinski definition) is 3. The summed E-state index contributed by atoms with van der Waals surface area (Å²) in [6.07, 6.45) is 0. The number of ketones is 1. The molecule has 0 saturated heterocycles. The zero-order valence-electron chi connectivity index (χ0n) is 16.1. The molecule has 0 heterocycles. The molecule has 0 unspecified atom stereocenters. The second-order valence-electron chi connectivity index (χ2n) is 6.10. The van der Waals surface area contributed by atoms with Crippen LogP contribution in [0.2, 0.25) is 0 Å². The molecule has 8 heteroatoms. The van der Waals surface area contributed by atoms with Gasteiger partial charge in [-0.2, -0.15) is 0 Å². The number of rotatable bonds is 9. The van der Waals surface area contributed by atoms with Gasteiger partial charge in [-0.05, 0) is 24.6 Å². The summed E-state index contributed by atoms with van der Waals surface area (Å²) in [5.41, 5.74) is 6.29. The van der Waals surface area contributed by atoms with E-state index in [9.17, 15) is 14.0 Å². The zero-order valence-corrected chi connectivity index (χ0v) is 16.1. The molecule has 2 rings (SSSR count). The molecule has 4 N–H and O–H groups in total. The van der Waals surface area contributed by atoms with E-state index in [0.717, 1.165) is 11.6 Å². The van der Waals surface area contributed by atoms with Crippen molar-refractivity contribution in [2.45, 2.75) is 13.5 Å². The van der Waals surface area contributed by atoms with Crippen molar-refractivity contribution in [3.63, 3.8) is 0 Å². The molecule has 0 spiro atoms. The SMILES string of the molecule is COc1ccc(C(=O)COC(=O)/C(C(C)=N)=C(\N)NCc2ccccc2)c(F)c1. The van der Waals surface area contributed by atoms with Gasteiger partial charge in [-0.15, -0.1) is 0 Å². The van der Waals surface area contributed by atoms with Crippen LogP contribution < -0.4 is 15.8 Å². The van der Waals surface area contributed by atoms with E-state index in [4.69, 9.17) is 20.6 Å². The van der Waals surface area contributed by atoms with Crippen LogP contribution in [0, 0.1) is 11.2 Å². The van der Waals surface area contributed by atoms with Crippen LogP contribution in [0.5, 0.6) is 5.75 Å². The minimum atomic E-state index is -0.946. The molecule has 0 amide bonds. The number of Topliss-reactive ketones (excluding diaryl/α,β-unsaturated/α-hetero) is 1. The third-order valence-electron chi connectivity index (χ3n) is 3.99. The lowest BCUT2D eigenvalue weighted by molar-refractivity contribution is -0.137. The van der Waals surface area contributed by atoms with Gasteiger partial charge in [0.1, 0.15) is 23.0 Å². The summed E-state index contributed by atoms with van der Waals surface area (Å²) < 4.78 is 23.8. The number of nitrogens with two attached hydrogens (primary N) is 1. The second kappa shape index (κ2) is 10.0. The van der Waals surface area contributed by atoms with Gasteiger partial charge in [-0.25, -0.2) is 9.18 Å². The van der Waals surface area contributed by atoms with Crippen molar-refractivity contribution in [3.8, 4) is 5.75 Å². The quantitative estimate of drug-likeness (QED) is 0.258. The molecule has 29 heavy (non-hydrogen) atoms. The van der Waals surface area contributed by atoms with Gasteiger partial charge in [0, 0.05) is 18.3 Å². The molecule has 0 aliphatic carbocycles. The molecule has 0 aliphatic heterocycles. The molecule has 0 aromatic heterocycles. The van der Waals surface area contributed by atoms with Gasteiger partial charge >= 0.3 is 5.97 Å². The minimum absolute atomic E-state index is 0.0468. The number of hydrogen-bond acceptors (Lipinski definition) is 7. The highest BCUT2D eigenvalue weighted by Crippen LogP contribution is 2.17. The van der Waals surface area contributed by atoms with Crippen LogP contribution in [0.25, 0.3) is 0 Å². The molecule has 0 bridgehead atoms. The van der Waals surface area contributed by atoms with E-state index in [2.05, 4.69) is 5.32 Å². The Hall–Kier alpha value is -3.68. The van der Waals surface area contributed by atoms with E-state index in [0.29, 0.717) is 6.54 Å². The zero-order chi connectivity index (χ0) is 21.4. The summed E-state index contributed by atoms with van der Waals surface area (Å²) in [5, 5.41) is 10.6. The number of esters is 1. The Morgan fingerprint density at radius 2 is 1.86 bits per heavy atom. The number of benzene rings is 2. The summed E-state index contributed by atoms with van der Waals surface area (Å²) in [6, 6.07) is 13.1. The number of methoxy groups -OCH3 is 1. The molecular weight excluding hydrogens is 377 g/mol. The normalized spacial score (nSPS) is 11.3. The molecule has 0 aliphatic rings. The van der Waals surface area contributed by atoms with Crippen LogP contribution in [-0.2, 0) is 16.1 Å². The Kier molecular flexibility index (Phi) is 7.47. The highest BCUT2D eigenvalue weighted by molar-refractivity contribution is 6.18. The Morgan fingerprint density at radius 3 is 2.45 bits per heavy atom. The topological polar surface area (TPSA) is 114 Å². The summed E-state index contributed by atoms with van der Waals surface area (Å²) in [5.74, 6) is -2.24. The van der Waals surface area contributed by atoms with Crippen LogP contribution in [-0.4, -0.2) is 31.2 Å². The smallest absolute Gasteiger partial charge is 0.344 e. The van der Waals surface area contributed by atoms with Crippen molar-refractivity contribution in [2.24, 2.45) is 5.73 Å². The lowest BCUT2D eigenvalue weighted by Crippen LogP contribution is -2.29. The van der Waals surface area contributed by atoms with Gasteiger partial charge in [0.25, 0.3) is 0 Å². The molecule has 2 aromatic carbocycles. The first kappa shape index (κ1) is 21.6. The summed E-state index contributed by atoms with van der Waals surface area (Å²) >= 11 is 0. The van der Waals surface area contributed by atoms with Crippen LogP contribution in [0.4, 0.5) is 4.39 Å². The van der Waals surface area contributed by atoms with E-state index >= 15 is 0 Å². The first-order chi connectivity index (χ1) is 13.8. The molecule has 2 aromatic rings. The van der Waals surface area contributed by atoms with Gasteiger partial charge in [0.15, 0.2) is 6.61 Å². The van der Waals surface area contributed by atoms with Crippen LogP contribution >= 0.6 is 0 Å². The number of nitrogens with one attached hydrogen (secondary N) is 2. The fraction of sp³-hybridized carbons (Fsp3) is 0.190. The molecule has 0 radical (unpaired) electrons. The molecule has 0 atom stereocenters. The molecule has 0 fully saturated rings. The maximum atomic E-state index is 14.0. The number of ether oxygens (including phenoxy) is 2. The second-order valence-corrected chi connectivity index (χ2v) is 6.10. The lowest BCUT2D eigenvalue weighted by Gasteiger charge is -2.13. The highest BCUT2D eigenvalue weighted by Gasteiger charge is 2.21. The number of carbonyl (C=O) groups excluding carboxylic acids is 2. The first-order valence-electron chi connectivity index (χ1n) is 8.70. The van der Waals surface area contributed by atoms with Crippen molar-refractivity contribution in [3.05, 3.63) is 76.9 Å². The van der Waals surface area contributed by atoms with E-state index in [-0.39, 0.29) is 28.4 Å². The van der Waals surface area contributed by atoms with Crippen molar-refractivity contribution in [2.75, 3.05) is 13.7 Å². The van der Waals surface area contributed by atoms with Crippen LogP contribution in [0.3, 0.4) is 0 Å². The monoisotopic (exact) mass is 399 g/mol. The Bertz CT molecular complexity index is 942. The molecular formula is C21H22FN3O4. The van der Waals surface area contributed by atoms with Crippen LogP contribution in [0.15, 0.2) is 59.9 Å². The maximum Gasteiger partial charge on any atom is 0.344 e. The minimum Gasteiger partial charge on any atom is -0.497 e. The predicted molar refractivity (Wildman–Crippen MR) is 106 cm³/mol. The largest absolute Gasteiger partial charge is 0.497 e. The van der Waals surface area contributed by atoms with Crippen molar-refractivity contribution in [1.82, 2.24) is 5.32 Å². The van der Waals surface area contributed by atoms with Crippen molar-refractivity contribution in [1.29, 1.82) is 5.41 Å². The van der Waals surface area contributed by atoms with Gasteiger partial charge in [0.05, 0.1) is 12.7 Å². The van der Waals surface area contributed by atoms with Gasteiger partial charge < -0.3 is 25.9 Å². The standard InChI is InChI=1S/C21H22FN3O4/c1-13(23)19(20(24)25-11-14-6-4-3-5-7-14)21(27)29-12-18(26)16-9-8-15(28-2)10-17(16)22/h3-10,23,25H,11-12,24H2,1-2H3/b20-19+,23-13?. The third kappa shape index (κ3) is 5.90. The van der Waals surface area contributed by atoms with Crippen molar-refractivity contribution >= 4 is 17.5 Å². The van der Waals surface area contributed by atoms with E-state index in [1.807, 2.05) is 30.3 Å². The van der Waals surface area contributed by atoms with E-state index < -0.39 is 24.2 Å². The molecule has 152 valence electrons. The van der Waals surface area contributed by atoms with Gasteiger partial charge in [-0.3, -0.25) is 4.79 Å². The highest BCUT2D eigenvalue weighted by atomic mass is 19.1. The predicted octanol–water partition coefficient (Wildman–Crippen LogP) is 2.56. The Balaban J connectivity index is 2.05. The van der Waals surface area contributed by atoms with Gasteiger partial charge in [-0.1, -0.05) is 30.3 Å². The molecule has 0 saturated carbocycles. The molecule has 7 nitrogen and oxygen atoms in total. The van der Waals surface area contributed by atoms with E-state index in [1.54, 1.807) is 0 Å². The third-order valence-corrected chi connectivity index (χ3v) is 3.99. The summed E-state index contributed by atoms with van der Waals surface area (Å²) in [6.45, 7) is 1.02. The fourth-order valence-corrected chi connectivity index (χ4v) is 2.48. The fourth-order valence-electron chi connectivity index (χ4n) is 2.48. The van der Waals surface area contributed by atoms with E-state index in [1.165, 1.54) is 26.2 Å². The van der Waals surface area contributed by atoms with Crippen LogP contribution in [0.1, 0.15) is 22.8 Å². The Labute approximate surface area is 167 Å². The average Bonchev–Trinajstić information content (AvgIpc) is 2.71. The summed E-state index contributed by atoms with van der Waals surface area (Å²) in [4.78, 5) is 24.5.